The summed E-state index contributed by atoms with van der Waals surface area (Å²) in [6, 6.07) is 0. The fourth-order valence-electron chi connectivity index (χ4n) is 3.04. The van der Waals surface area contributed by atoms with Crippen LogP contribution in [0.15, 0.2) is 0 Å². The molecule has 106 valence electrons. The Morgan fingerprint density at radius 2 is 2.00 bits per heavy atom. The van der Waals surface area contributed by atoms with Gasteiger partial charge in [0.25, 0.3) is 0 Å². The van der Waals surface area contributed by atoms with E-state index in [-0.39, 0.29) is 0 Å². The third-order valence-corrected chi connectivity index (χ3v) is 4.08. The standard InChI is InChI=1S/C14H28N2O2/c1-17-9-10-18-14-3-2-8-16(12-14)11-13-4-6-15-7-5-13/h13-15H,2-12H2,1H3. The first-order chi connectivity index (χ1) is 8.88. The highest BCUT2D eigenvalue weighted by atomic mass is 16.5. The SMILES string of the molecule is COCCOC1CCCN(CC2CCNCC2)C1. The fourth-order valence-corrected chi connectivity index (χ4v) is 3.04. The molecule has 2 heterocycles. The zero-order chi connectivity index (χ0) is 12.6. The molecule has 1 unspecified atom stereocenters. The minimum absolute atomic E-state index is 0.426. The summed E-state index contributed by atoms with van der Waals surface area (Å²) in [5.74, 6) is 0.893. The first-order valence-corrected chi connectivity index (χ1v) is 7.42. The molecule has 2 aliphatic rings. The van der Waals surface area contributed by atoms with Crippen molar-refractivity contribution in [3.8, 4) is 0 Å². The maximum absolute atomic E-state index is 5.86. The summed E-state index contributed by atoms with van der Waals surface area (Å²) in [5.41, 5.74) is 0. The molecule has 0 aliphatic carbocycles. The van der Waals surface area contributed by atoms with Crippen molar-refractivity contribution in [2.24, 2.45) is 5.92 Å². The van der Waals surface area contributed by atoms with E-state index < -0.39 is 0 Å². The first-order valence-electron chi connectivity index (χ1n) is 7.42. The van der Waals surface area contributed by atoms with Gasteiger partial charge >= 0.3 is 0 Å². The number of ether oxygens (including phenoxy) is 2. The number of likely N-dealkylation sites (tertiary alicyclic amines) is 1. The van der Waals surface area contributed by atoms with Gasteiger partial charge in [-0.15, -0.1) is 0 Å². The molecule has 1 atom stereocenters. The maximum Gasteiger partial charge on any atom is 0.0704 e. The number of methoxy groups -OCH3 is 1. The molecule has 0 amide bonds. The second-order valence-corrected chi connectivity index (χ2v) is 5.58. The van der Waals surface area contributed by atoms with Gasteiger partial charge in [-0.05, 0) is 51.2 Å². The summed E-state index contributed by atoms with van der Waals surface area (Å²) in [6.07, 6.45) is 5.60. The molecule has 0 saturated carbocycles. The van der Waals surface area contributed by atoms with E-state index in [9.17, 15) is 0 Å². The average molecular weight is 256 g/mol. The lowest BCUT2D eigenvalue weighted by Crippen LogP contribution is -2.44. The largest absolute Gasteiger partial charge is 0.382 e. The molecular weight excluding hydrogens is 228 g/mol. The smallest absolute Gasteiger partial charge is 0.0704 e. The van der Waals surface area contributed by atoms with Gasteiger partial charge in [0.15, 0.2) is 0 Å². The van der Waals surface area contributed by atoms with Gasteiger partial charge in [0.1, 0.15) is 0 Å². The molecule has 4 nitrogen and oxygen atoms in total. The Bertz CT molecular complexity index is 220. The molecule has 2 fully saturated rings. The summed E-state index contributed by atoms with van der Waals surface area (Å²) >= 11 is 0. The number of piperidine rings is 2. The van der Waals surface area contributed by atoms with Crippen molar-refractivity contribution in [3.63, 3.8) is 0 Å². The lowest BCUT2D eigenvalue weighted by Gasteiger charge is -2.36. The van der Waals surface area contributed by atoms with Crippen molar-refractivity contribution < 1.29 is 9.47 Å². The molecule has 1 N–H and O–H groups in total. The van der Waals surface area contributed by atoms with Crippen molar-refractivity contribution in [1.82, 2.24) is 10.2 Å². The van der Waals surface area contributed by atoms with Crippen LogP contribution >= 0.6 is 0 Å². The van der Waals surface area contributed by atoms with Crippen LogP contribution in [0.3, 0.4) is 0 Å². The van der Waals surface area contributed by atoms with E-state index in [4.69, 9.17) is 9.47 Å². The molecule has 0 aromatic rings. The molecular formula is C14H28N2O2. The predicted molar refractivity (Wildman–Crippen MR) is 72.9 cm³/mol. The fraction of sp³-hybridized carbons (Fsp3) is 1.00. The van der Waals surface area contributed by atoms with E-state index in [1.807, 2.05) is 0 Å². The van der Waals surface area contributed by atoms with Crippen LogP contribution in [0.25, 0.3) is 0 Å². The van der Waals surface area contributed by atoms with Crippen LogP contribution in [-0.2, 0) is 9.47 Å². The van der Waals surface area contributed by atoms with Crippen molar-refractivity contribution in [3.05, 3.63) is 0 Å². The van der Waals surface area contributed by atoms with Gasteiger partial charge in [0.2, 0.25) is 0 Å². The monoisotopic (exact) mass is 256 g/mol. The van der Waals surface area contributed by atoms with Gasteiger partial charge in [-0.3, -0.25) is 0 Å². The van der Waals surface area contributed by atoms with Gasteiger partial charge in [0, 0.05) is 20.2 Å². The van der Waals surface area contributed by atoms with Crippen LogP contribution < -0.4 is 5.32 Å². The minimum Gasteiger partial charge on any atom is -0.382 e. The summed E-state index contributed by atoms with van der Waals surface area (Å²) < 4.78 is 10.9. The van der Waals surface area contributed by atoms with Gasteiger partial charge in [-0.25, -0.2) is 0 Å². The van der Waals surface area contributed by atoms with Crippen molar-refractivity contribution in [1.29, 1.82) is 0 Å². The molecule has 0 aromatic carbocycles. The Labute approximate surface area is 111 Å². The van der Waals surface area contributed by atoms with Crippen molar-refractivity contribution in [2.75, 3.05) is 53.0 Å². The second-order valence-electron chi connectivity index (χ2n) is 5.58. The van der Waals surface area contributed by atoms with E-state index in [2.05, 4.69) is 10.2 Å². The van der Waals surface area contributed by atoms with Gasteiger partial charge in [0.05, 0.1) is 19.3 Å². The first kappa shape index (κ1) is 14.3. The summed E-state index contributed by atoms with van der Waals surface area (Å²) in [7, 11) is 1.73. The number of hydrogen-bond donors (Lipinski definition) is 1. The maximum atomic E-state index is 5.86. The molecule has 0 radical (unpaired) electrons. The van der Waals surface area contributed by atoms with E-state index >= 15 is 0 Å². The molecule has 2 aliphatic heterocycles. The summed E-state index contributed by atoms with van der Waals surface area (Å²) in [6.45, 7) is 7.50. The molecule has 2 saturated heterocycles. The molecule has 0 bridgehead atoms. The average Bonchev–Trinajstić information content (AvgIpc) is 2.41. The Hall–Kier alpha value is -0.160. The van der Waals surface area contributed by atoms with Crippen LogP contribution in [-0.4, -0.2) is 64.1 Å². The lowest BCUT2D eigenvalue weighted by atomic mass is 9.96. The normalized spacial score (nSPS) is 27.5. The minimum atomic E-state index is 0.426. The number of hydrogen-bond acceptors (Lipinski definition) is 4. The zero-order valence-electron chi connectivity index (χ0n) is 11.7. The Balaban J connectivity index is 1.65. The molecule has 0 spiro atoms. The van der Waals surface area contributed by atoms with Gasteiger partial charge < -0.3 is 19.7 Å². The van der Waals surface area contributed by atoms with Crippen molar-refractivity contribution in [2.45, 2.75) is 31.8 Å². The Morgan fingerprint density at radius 1 is 1.17 bits per heavy atom. The Kier molecular flexibility index (Phi) is 6.41. The van der Waals surface area contributed by atoms with Crippen LogP contribution in [0.1, 0.15) is 25.7 Å². The van der Waals surface area contributed by atoms with Crippen LogP contribution in [0, 0.1) is 5.92 Å². The third-order valence-electron chi connectivity index (χ3n) is 4.08. The lowest BCUT2D eigenvalue weighted by molar-refractivity contribution is -0.0241. The Morgan fingerprint density at radius 3 is 2.78 bits per heavy atom. The van der Waals surface area contributed by atoms with Gasteiger partial charge in [-0.1, -0.05) is 0 Å². The zero-order valence-corrected chi connectivity index (χ0v) is 11.7. The second kappa shape index (κ2) is 8.10. The molecule has 18 heavy (non-hydrogen) atoms. The van der Waals surface area contributed by atoms with Crippen LogP contribution in [0.4, 0.5) is 0 Å². The number of nitrogens with one attached hydrogen (secondary N) is 1. The van der Waals surface area contributed by atoms with E-state index in [1.54, 1.807) is 7.11 Å². The van der Waals surface area contributed by atoms with E-state index in [0.717, 1.165) is 19.1 Å². The summed E-state index contributed by atoms with van der Waals surface area (Å²) in [4.78, 5) is 2.61. The molecule has 4 heteroatoms. The van der Waals surface area contributed by atoms with Gasteiger partial charge in [-0.2, -0.15) is 0 Å². The predicted octanol–water partition coefficient (Wildman–Crippen LogP) is 1.11. The summed E-state index contributed by atoms with van der Waals surface area (Å²) in [5, 5.41) is 3.44. The highest BCUT2D eigenvalue weighted by Crippen LogP contribution is 2.18. The highest BCUT2D eigenvalue weighted by molar-refractivity contribution is 4.78. The number of rotatable bonds is 6. The topological polar surface area (TPSA) is 33.7 Å². The van der Waals surface area contributed by atoms with E-state index in [0.29, 0.717) is 12.7 Å². The van der Waals surface area contributed by atoms with Crippen LogP contribution in [0.2, 0.25) is 0 Å². The highest BCUT2D eigenvalue weighted by Gasteiger charge is 2.23. The van der Waals surface area contributed by atoms with E-state index in [1.165, 1.54) is 51.9 Å². The van der Waals surface area contributed by atoms with Crippen LogP contribution in [0.5, 0.6) is 0 Å². The van der Waals surface area contributed by atoms with Crippen molar-refractivity contribution >= 4 is 0 Å². The number of nitrogens with zero attached hydrogens (tertiary/aromatic N) is 1. The molecule has 0 aromatic heterocycles. The quantitative estimate of drug-likeness (QED) is 0.722. The molecule has 2 rings (SSSR count). The third kappa shape index (κ3) is 4.84.